The number of hydrogen-bond donors (Lipinski definition) is 0. The van der Waals surface area contributed by atoms with E-state index in [2.05, 4.69) is 5.67 Å². The largest absolute Gasteiger partial charge is 0.123 e. The third kappa shape index (κ3) is 4.59. The first-order chi connectivity index (χ1) is 2.41. The van der Waals surface area contributed by atoms with Gasteiger partial charge in [0.25, 0.3) is 0 Å². The third-order valence-electron chi connectivity index (χ3n) is 0.325. The molecule has 0 amide bonds. The van der Waals surface area contributed by atoms with Crippen molar-refractivity contribution < 1.29 is 0 Å². The average Bonchev–Trinajstić information content (AvgIpc) is 1.41. The molecule has 0 fully saturated rings. The zero-order chi connectivity index (χ0) is 4.12. The second-order valence-corrected chi connectivity index (χ2v) is 4.17. The van der Waals surface area contributed by atoms with E-state index in [9.17, 15) is 0 Å². The average molecular weight is 123 g/mol. The highest BCUT2D eigenvalue weighted by molar-refractivity contribution is 6.92. The maximum Gasteiger partial charge on any atom is 0.0360 e. The van der Waals surface area contributed by atoms with Crippen LogP contribution in [-0.4, -0.2) is 30.0 Å². The van der Waals surface area contributed by atoms with Crippen molar-refractivity contribution >= 4 is 35.7 Å². The van der Waals surface area contributed by atoms with Crippen LogP contribution in [0.15, 0.2) is 0 Å². The summed E-state index contributed by atoms with van der Waals surface area (Å²) < 4.78 is 0. The molecule has 0 aliphatic heterocycles. The lowest BCUT2D eigenvalue weighted by atomic mass is 11.0. The fourth-order valence-corrected chi connectivity index (χ4v) is 2.41. The summed E-state index contributed by atoms with van der Waals surface area (Å²) in [5, 5.41) is 0. The van der Waals surface area contributed by atoms with E-state index in [4.69, 9.17) is 11.6 Å². The summed E-state index contributed by atoms with van der Waals surface area (Å²) in [5.41, 5.74) is 2.16. The van der Waals surface area contributed by atoms with Gasteiger partial charge in [0.1, 0.15) is 0 Å². The maximum absolute atomic E-state index is 5.29. The summed E-state index contributed by atoms with van der Waals surface area (Å²) in [6.45, 7) is 0. The van der Waals surface area contributed by atoms with Gasteiger partial charge >= 0.3 is 0 Å². The maximum atomic E-state index is 5.29. The fraction of sp³-hybridized carbons (Fsp3) is 0.500. The smallest absolute Gasteiger partial charge is 0.0360 e. The summed E-state index contributed by atoms with van der Waals surface area (Å²) in [6.07, 6.45) is 0. The lowest BCUT2D eigenvalue weighted by Crippen LogP contribution is -1.80. The van der Waals surface area contributed by atoms with Gasteiger partial charge in [-0.05, 0) is 8.65 Å². The number of rotatable bonds is 1. The van der Waals surface area contributed by atoms with Crippen molar-refractivity contribution in [1.29, 1.82) is 0 Å². The van der Waals surface area contributed by atoms with Crippen LogP contribution in [0.3, 0.4) is 0 Å². The quantitative estimate of drug-likeness (QED) is 0.301. The first-order valence-corrected chi connectivity index (χ1v) is 7.41. The van der Waals surface area contributed by atoms with Crippen molar-refractivity contribution in [3.63, 3.8) is 0 Å². The molecule has 0 aliphatic rings. The Balaban J connectivity index is 2.62. The SMILES string of the molecule is [SiH3][SiH]=CCCl. The minimum Gasteiger partial charge on any atom is -0.123 e. The molecular formula is C2H7ClSi2. The molecule has 0 bridgehead atoms. The summed E-state index contributed by atoms with van der Waals surface area (Å²) in [5.74, 6) is 0.763. The molecule has 0 rings (SSSR count). The summed E-state index contributed by atoms with van der Waals surface area (Å²) >= 11 is 5.29. The number of alkyl halides is 1. The zero-order valence-corrected chi connectivity index (χ0v) is 7.15. The molecule has 0 aromatic carbocycles. The molecule has 5 heavy (non-hydrogen) atoms. The molecular weight excluding hydrogens is 116 g/mol. The van der Waals surface area contributed by atoms with E-state index < -0.39 is 0 Å². The highest BCUT2D eigenvalue weighted by Crippen LogP contribution is 1.58. The van der Waals surface area contributed by atoms with Crippen molar-refractivity contribution in [2.24, 2.45) is 0 Å². The van der Waals surface area contributed by atoms with E-state index in [1.165, 1.54) is 9.76 Å². The second kappa shape index (κ2) is 4.59. The fourth-order valence-electron chi connectivity index (χ4n) is 0.0891. The molecule has 30 valence electrons. The summed E-state index contributed by atoms with van der Waals surface area (Å²) in [7, 11) is 2.01. The summed E-state index contributed by atoms with van der Waals surface area (Å²) in [4.78, 5) is 0. The van der Waals surface area contributed by atoms with Crippen LogP contribution in [0.1, 0.15) is 0 Å². The van der Waals surface area contributed by atoms with Crippen LogP contribution >= 0.6 is 11.6 Å². The first-order valence-electron chi connectivity index (χ1n) is 1.59. The van der Waals surface area contributed by atoms with Gasteiger partial charge in [0.2, 0.25) is 0 Å². The minimum atomic E-state index is 0.668. The van der Waals surface area contributed by atoms with Gasteiger partial charge in [0.15, 0.2) is 0 Å². The van der Waals surface area contributed by atoms with E-state index in [0.717, 1.165) is 5.88 Å². The molecule has 0 atom stereocenters. The Morgan fingerprint density at radius 2 is 2.60 bits per heavy atom. The topological polar surface area (TPSA) is 0 Å². The Labute approximate surface area is 42.2 Å². The van der Waals surface area contributed by atoms with Gasteiger partial charge in [-0.3, -0.25) is 0 Å². The van der Waals surface area contributed by atoms with Crippen molar-refractivity contribution in [1.82, 2.24) is 0 Å². The number of halogens is 1. The molecule has 0 aromatic heterocycles. The van der Waals surface area contributed by atoms with Crippen LogP contribution in [0.5, 0.6) is 0 Å². The Morgan fingerprint density at radius 1 is 2.00 bits per heavy atom. The summed E-state index contributed by atoms with van der Waals surface area (Å²) in [6, 6.07) is 0. The van der Waals surface area contributed by atoms with Crippen molar-refractivity contribution in [3.8, 4) is 0 Å². The minimum absolute atomic E-state index is 0.668. The Morgan fingerprint density at radius 3 is 2.60 bits per heavy atom. The molecule has 0 N–H and O–H groups in total. The van der Waals surface area contributed by atoms with Crippen molar-refractivity contribution in [2.75, 3.05) is 5.88 Å². The second-order valence-electron chi connectivity index (χ2n) is 0.723. The highest BCUT2D eigenvalue weighted by Gasteiger charge is 1.55. The van der Waals surface area contributed by atoms with Gasteiger partial charge in [-0.15, -0.1) is 11.6 Å². The number of hydrogen-bond acceptors (Lipinski definition) is 0. The van der Waals surface area contributed by atoms with Gasteiger partial charge in [0.05, 0.1) is 0 Å². The molecule has 0 aliphatic carbocycles. The van der Waals surface area contributed by atoms with Crippen LogP contribution in [-0.2, 0) is 0 Å². The Hall–Kier alpha value is 0.594. The van der Waals surface area contributed by atoms with Crippen LogP contribution in [0.25, 0.3) is 0 Å². The van der Waals surface area contributed by atoms with Crippen LogP contribution in [0, 0.1) is 0 Å². The molecule has 0 spiro atoms. The first kappa shape index (κ1) is 5.59. The van der Waals surface area contributed by atoms with Gasteiger partial charge in [-0.25, -0.2) is 0 Å². The van der Waals surface area contributed by atoms with E-state index in [0.29, 0.717) is 8.65 Å². The molecule has 0 nitrogen and oxygen atoms in total. The van der Waals surface area contributed by atoms with Crippen molar-refractivity contribution in [3.05, 3.63) is 0 Å². The molecule has 0 aromatic rings. The molecule has 0 saturated carbocycles. The van der Waals surface area contributed by atoms with Crippen LogP contribution in [0.2, 0.25) is 0 Å². The van der Waals surface area contributed by atoms with Gasteiger partial charge in [-0.2, -0.15) is 0 Å². The van der Waals surface area contributed by atoms with E-state index in [-0.39, 0.29) is 0 Å². The standard InChI is InChI=1S/C2H7ClSi2/c3-1-2-5-4/h2,5H,1H2,4H3. The predicted molar refractivity (Wildman–Crippen MR) is 33.9 cm³/mol. The van der Waals surface area contributed by atoms with E-state index in [1.54, 1.807) is 0 Å². The molecule has 0 unspecified atom stereocenters. The molecule has 0 saturated heterocycles. The molecule has 0 heterocycles. The Kier molecular flexibility index (Phi) is 5.14. The van der Waals surface area contributed by atoms with Gasteiger partial charge in [0, 0.05) is 15.6 Å². The van der Waals surface area contributed by atoms with Crippen LogP contribution < -0.4 is 0 Å². The Bertz CT molecular complexity index is 34.6. The zero-order valence-electron chi connectivity index (χ0n) is 3.24. The van der Waals surface area contributed by atoms with Crippen molar-refractivity contribution in [2.45, 2.75) is 0 Å². The van der Waals surface area contributed by atoms with Crippen LogP contribution in [0.4, 0.5) is 0 Å². The van der Waals surface area contributed by atoms with E-state index in [1.807, 2.05) is 0 Å². The normalized spacial score (nSPS) is 10.6. The highest BCUT2D eigenvalue weighted by atomic mass is 35.5. The monoisotopic (exact) mass is 122 g/mol. The lowest BCUT2D eigenvalue weighted by molar-refractivity contribution is 2.12. The lowest BCUT2D eigenvalue weighted by Gasteiger charge is -1.62. The molecule has 3 heteroatoms. The predicted octanol–water partition coefficient (Wildman–Crippen LogP) is -1.26. The van der Waals surface area contributed by atoms with Gasteiger partial charge < -0.3 is 0 Å². The molecule has 0 radical (unpaired) electrons. The van der Waals surface area contributed by atoms with E-state index >= 15 is 0 Å². The van der Waals surface area contributed by atoms with Gasteiger partial charge in [-0.1, -0.05) is 5.67 Å². The third-order valence-corrected chi connectivity index (χ3v) is 2.92.